The maximum atomic E-state index is 12.2. The summed E-state index contributed by atoms with van der Waals surface area (Å²) in [6, 6.07) is 0. The van der Waals surface area contributed by atoms with Crippen LogP contribution in [0.15, 0.2) is 0 Å². The molecule has 21 heavy (non-hydrogen) atoms. The molecule has 1 N–H and O–H groups in total. The van der Waals surface area contributed by atoms with Crippen LogP contribution < -0.4 is 5.32 Å². The topological polar surface area (TPSA) is 49.4 Å². The van der Waals surface area contributed by atoms with Crippen molar-refractivity contribution in [3.63, 3.8) is 0 Å². The minimum atomic E-state index is -4.29. The van der Waals surface area contributed by atoms with Gasteiger partial charge in [-0.3, -0.25) is 0 Å². The van der Waals surface area contributed by atoms with Crippen LogP contribution in [0, 0.1) is 5.92 Å². The van der Waals surface area contributed by atoms with Gasteiger partial charge in [-0.1, -0.05) is 6.92 Å². The van der Waals surface area contributed by atoms with Crippen LogP contribution in [-0.4, -0.2) is 50.8 Å². The molecule has 1 heterocycles. The van der Waals surface area contributed by atoms with Crippen LogP contribution in [0.1, 0.15) is 39.0 Å². The van der Waals surface area contributed by atoms with Gasteiger partial charge >= 0.3 is 6.18 Å². The summed E-state index contributed by atoms with van der Waals surface area (Å²) in [6.45, 7) is 4.39. The third-order valence-corrected chi connectivity index (χ3v) is 5.51. The summed E-state index contributed by atoms with van der Waals surface area (Å²) in [5.74, 6) is -0.171. The van der Waals surface area contributed by atoms with Gasteiger partial charge in [-0.15, -0.1) is 0 Å². The molecular weight excluding hydrogens is 305 g/mol. The van der Waals surface area contributed by atoms with E-state index in [0.29, 0.717) is 19.5 Å². The summed E-state index contributed by atoms with van der Waals surface area (Å²) in [4.78, 5) is 0. The Morgan fingerprint density at radius 2 is 2.05 bits per heavy atom. The fourth-order valence-electron chi connectivity index (χ4n) is 2.55. The van der Waals surface area contributed by atoms with Crippen molar-refractivity contribution in [1.29, 1.82) is 0 Å². The fraction of sp³-hybridized carbons (Fsp3) is 1.00. The molecule has 1 fully saturated rings. The number of hydrogen-bond donors (Lipinski definition) is 1. The number of halogens is 3. The first-order valence-electron chi connectivity index (χ1n) is 7.50. The summed E-state index contributed by atoms with van der Waals surface area (Å²) < 4.78 is 62.2. The number of nitrogens with one attached hydrogen (secondary N) is 1. The second-order valence-corrected chi connectivity index (χ2v) is 7.69. The lowest BCUT2D eigenvalue weighted by atomic mass is 10.00. The molecule has 1 rings (SSSR count). The van der Waals surface area contributed by atoms with Gasteiger partial charge in [0.25, 0.3) is 0 Å². The highest BCUT2D eigenvalue weighted by Crippen LogP contribution is 2.22. The first kappa shape index (κ1) is 18.7. The number of piperidine rings is 1. The van der Waals surface area contributed by atoms with Crippen molar-refractivity contribution in [2.75, 3.05) is 31.9 Å². The molecule has 8 heteroatoms. The standard InChI is InChI=1S/C13H25F3N2O2S/c1-2-8-18(11-12-5-3-7-17-10-12)21(19,20)9-4-6-13(14,15)16/h12,17H,2-11H2,1H3. The van der Waals surface area contributed by atoms with Gasteiger partial charge in [0.15, 0.2) is 0 Å². The third kappa shape index (κ3) is 7.46. The van der Waals surface area contributed by atoms with E-state index in [0.717, 1.165) is 25.9 Å². The highest BCUT2D eigenvalue weighted by Gasteiger charge is 2.30. The minimum Gasteiger partial charge on any atom is -0.316 e. The molecule has 0 radical (unpaired) electrons. The molecule has 0 aromatic carbocycles. The number of hydrogen-bond acceptors (Lipinski definition) is 3. The second kappa shape index (κ2) is 8.33. The van der Waals surface area contributed by atoms with E-state index in [1.807, 2.05) is 6.92 Å². The number of alkyl halides is 3. The van der Waals surface area contributed by atoms with Crippen LogP contribution in [0.2, 0.25) is 0 Å². The van der Waals surface area contributed by atoms with Crippen molar-refractivity contribution in [1.82, 2.24) is 9.62 Å². The second-order valence-electron chi connectivity index (χ2n) is 5.61. The van der Waals surface area contributed by atoms with Crippen molar-refractivity contribution in [2.24, 2.45) is 5.92 Å². The first-order chi connectivity index (χ1) is 9.74. The van der Waals surface area contributed by atoms with E-state index in [9.17, 15) is 21.6 Å². The fourth-order valence-corrected chi connectivity index (χ4v) is 4.21. The van der Waals surface area contributed by atoms with Crippen LogP contribution in [0.5, 0.6) is 0 Å². The molecule has 0 spiro atoms. The van der Waals surface area contributed by atoms with Crippen LogP contribution in [0.25, 0.3) is 0 Å². The molecule has 0 saturated carbocycles. The van der Waals surface area contributed by atoms with Gasteiger partial charge in [0.2, 0.25) is 10.0 Å². The maximum absolute atomic E-state index is 12.2. The van der Waals surface area contributed by atoms with E-state index in [-0.39, 0.29) is 12.3 Å². The smallest absolute Gasteiger partial charge is 0.316 e. The molecule has 4 nitrogen and oxygen atoms in total. The van der Waals surface area contributed by atoms with Gasteiger partial charge in [0, 0.05) is 19.5 Å². The van der Waals surface area contributed by atoms with Gasteiger partial charge in [0.1, 0.15) is 0 Å². The van der Waals surface area contributed by atoms with E-state index in [1.54, 1.807) is 0 Å². The predicted octanol–water partition coefficient (Wildman–Crippen LogP) is 2.37. The Labute approximate surface area is 125 Å². The maximum Gasteiger partial charge on any atom is 0.389 e. The average molecular weight is 330 g/mol. The lowest BCUT2D eigenvalue weighted by Crippen LogP contribution is -2.42. The molecule has 0 bridgehead atoms. The highest BCUT2D eigenvalue weighted by atomic mass is 32.2. The summed E-state index contributed by atoms with van der Waals surface area (Å²) in [5.41, 5.74) is 0. The summed E-state index contributed by atoms with van der Waals surface area (Å²) in [5, 5.41) is 3.23. The van der Waals surface area contributed by atoms with Gasteiger partial charge in [-0.05, 0) is 44.7 Å². The third-order valence-electron chi connectivity index (χ3n) is 3.59. The SMILES string of the molecule is CCCN(CC1CCCNC1)S(=O)(=O)CCCC(F)(F)F. The Bertz CT molecular complexity index is 393. The van der Waals surface area contributed by atoms with Crippen LogP contribution in [0.4, 0.5) is 13.2 Å². The Morgan fingerprint density at radius 1 is 1.33 bits per heavy atom. The molecule has 0 aromatic heterocycles. The minimum absolute atomic E-state index is 0.252. The van der Waals surface area contributed by atoms with Crippen LogP contribution in [-0.2, 0) is 10.0 Å². The quantitative estimate of drug-likeness (QED) is 0.743. The molecular formula is C13H25F3N2O2S. The summed E-state index contributed by atoms with van der Waals surface area (Å²) in [7, 11) is -3.60. The number of rotatable bonds is 8. The Hall–Kier alpha value is -0.340. The molecule has 126 valence electrons. The van der Waals surface area contributed by atoms with Gasteiger partial charge in [0.05, 0.1) is 5.75 Å². The van der Waals surface area contributed by atoms with Crippen molar-refractivity contribution in [3.8, 4) is 0 Å². The van der Waals surface area contributed by atoms with Crippen molar-refractivity contribution in [2.45, 2.75) is 45.2 Å². The highest BCUT2D eigenvalue weighted by molar-refractivity contribution is 7.89. The van der Waals surface area contributed by atoms with Gasteiger partial charge in [-0.25, -0.2) is 12.7 Å². The number of sulfonamides is 1. The largest absolute Gasteiger partial charge is 0.389 e. The van der Waals surface area contributed by atoms with E-state index >= 15 is 0 Å². The lowest BCUT2D eigenvalue weighted by Gasteiger charge is -2.29. The van der Waals surface area contributed by atoms with Gasteiger partial charge < -0.3 is 5.32 Å². The molecule has 0 amide bonds. The number of nitrogens with zero attached hydrogens (tertiary/aromatic N) is 1. The zero-order valence-electron chi connectivity index (χ0n) is 12.5. The van der Waals surface area contributed by atoms with Crippen LogP contribution >= 0.6 is 0 Å². The zero-order chi connectivity index (χ0) is 15.9. The monoisotopic (exact) mass is 330 g/mol. The van der Waals surface area contributed by atoms with Crippen molar-refractivity contribution in [3.05, 3.63) is 0 Å². The van der Waals surface area contributed by atoms with Crippen molar-refractivity contribution >= 4 is 10.0 Å². The van der Waals surface area contributed by atoms with E-state index < -0.39 is 28.4 Å². The zero-order valence-corrected chi connectivity index (χ0v) is 13.3. The normalized spacial score (nSPS) is 20.9. The molecule has 0 aromatic rings. The molecule has 1 aliphatic heterocycles. The molecule has 1 unspecified atom stereocenters. The predicted molar refractivity (Wildman–Crippen MR) is 76.5 cm³/mol. The Kier molecular flexibility index (Phi) is 7.42. The van der Waals surface area contributed by atoms with Crippen molar-refractivity contribution < 1.29 is 21.6 Å². The lowest BCUT2D eigenvalue weighted by molar-refractivity contribution is -0.134. The molecule has 1 saturated heterocycles. The van der Waals surface area contributed by atoms with E-state index in [1.165, 1.54) is 4.31 Å². The molecule has 0 aliphatic carbocycles. The first-order valence-corrected chi connectivity index (χ1v) is 9.11. The van der Waals surface area contributed by atoms with Gasteiger partial charge in [-0.2, -0.15) is 13.2 Å². The molecule has 1 atom stereocenters. The average Bonchev–Trinajstić information content (AvgIpc) is 2.37. The summed E-state index contributed by atoms with van der Waals surface area (Å²) in [6.07, 6.45) is -3.06. The summed E-state index contributed by atoms with van der Waals surface area (Å²) >= 11 is 0. The van der Waals surface area contributed by atoms with E-state index in [2.05, 4.69) is 5.32 Å². The molecule has 1 aliphatic rings. The Morgan fingerprint density at radius 3 is 2.57 bits per heavy atom. The van der Waals surface area contributed by atoms with E-state index in [4.69, 9.17) is 0 Å². The van der Waals surface area contributed by atoms with Crippen LogP contribution in [0.3, 0.4) is 0 Å². The Balaban J connectivity index is 2.55.